The summed E-state index contributed by atoms with van der Waals surface area (Å²) in [5, 5.41) is 6.12. The lowest BCUT2D eigenvalue weighted by Gasteiger charge is -2.10. The van der Waals surface area contributed by atoms with Crippen LogP contribution in [-0.2, 0) is 4.79 Å². The van der Waals surface area contributed by atoms with Gasteiger partial charge in [-0.1, -0.05) is 29.3 Å². The summed E-state index contributed by atoms with van der Waals surface area (Å²) < 4.78 is 11.8. The molecule has 0 saturated heterocycles. The summed E-state index contributed by atoms with van der Waals surface area (Å²) in [5.41, 5.74) is 2.60. The fraction of sp³-hybridized carbons (Fsp3) is 0.167. The Balaban J connectivity index is 1.50. The molecule has 33 heavy (non-hydrogen) atoms. The zero-order chi connectivity index (χ0) is 23.9. The fourth-order valence-electron chi connectivity index (χ4n) is 3.74. The molecule has 9 heteroatoms. The normalized spacial score (nSPS) is 18.5. The van der Waals surface area contributed by atoms with E-state index in [1.165, 1.54) is 36.4 Å². The lowest BCUT2D eigenvalue weighted by atomic mass is 10.1. The summed E-state index contributed by atoms with van der Waals surface area (Å²) in [6.07, 6.45) is 0. The van der Waals surface area contributed by atoms with Crippen LogP contribution in [0.3, 0.4) is 0 Å². The molecule has 0 heterocycles. The minimum atomic E-state index is -1.28. The number of hydrogen-bond donors (Lipinski definition) is 2. The second-order valence-electron chi connectivity index (χ2n) is 7.84. The third-order valence-electron chi connectivity index (χ3n) is 5.34. The molecule has 0 bridgehead atoms. The van der Waals surface area contributed by atoms with Crippen molar-refractivity contribution in [2.45, 2.75) is 17.2 Å². The van der Waals surface area contributed by atoms with E-state index in [9.17, 15) is 14.0 Å². The summed E-state index contributed by atoms with van der Waals surface area (Å²) in [7, 11) is 0. The van der Waals surface area contributed by atoms with Crippen LogP contribution >= 0.6 is 46.4 Å². The van der Waals surface area contributed by atoms with Crippen LogP contribution in [0, 0.1) is 18.7 Å². The molecule has 0 aromatic heterocycles. The molecule has 1 saturated carbocycles. The Kier molecular flexibility index (Phi) is 6.61. The van der Waals surface area contributed by atoms with Crippen molar-refractivity contribution in [1.29, 1.82) is 0 Å². The van der Waals surface area contributed by atoms with Gasteiger partial charge in [0.05, 0.1) is 16.5 Å². The summed E-state index contributed by atoms with van der Waals surface area (Å²) >= 11 is 25.2. The van der Waals surface area contributed by atoms with Gasteiger partial charge in [-0.05, 0) is 72.6 Å². The third-order valence-corrected chi connectivity index (χ3v) is 6.83. The van der Waals surface area contributed by atoms with E-state index in [4.69, 9.17) is 46.4 Å². The standard InChI is InChI=1S/C24H17Cl4FN2O2/c1-12-8-13(10-14(25)9-12)20-21(24(20,27)28)23(33)31-17-6-7-19(26)18(11-17)22(32)30-16-4-2-15(29)3-5-16/h2-11,20-21H,1H3,(H,30,32)(H,31,33)/t20-,21+/m1/s1. The fourth-order valence-corrected chi connectivity index (χ4v) is 5.07. The first-order valence-corrected chi connectivity index (χ1v) is 11.4. The number of benzene rings is 3. The van der Waals surface area contributed by atoms with Gasteiger partial charge in [-0.3, -0.25) is 9.59 Å². The highest BCUT2D eigenvalue weighted by atomic mass is 35.5. The molecule has 1 aliphatic carbocycles. The molecular weight excluding hydrogens is 509 g/mol. The molecule has 3 aromatic rings. The van der Waals surface area contributed by atoms with Crippen molar-refractivity contribution in [3.8, 4) is 0 Å². The molecule has 0 aliphatic heterocycles. The number of aryl methyl sites for hydroxylation is 1. The molecule has 2 amide bonds. The quantitative estimate of drug-likeness (QED) is 0.345. The van der Waals surface area contributed by atoms with Gasteiger partial charge in [-0.2, -0.15) is 0 Å². The van der Waals surface area contributed by atoms with E-state index >= 15 is 0 Å². The Labute approximate surface area is 210 Å². The highest BCUT2D eigenvalue weighted by Crippen LogP contribution is 2.65. The van der Waals surface area contributed by atoms with E-state index in [0.29, 0.717) is 16.4 Å². The van der Waals surface area contributed by atoms with Crippen LogP contribution in [0.25, 0.3) is 0 Å². The molecule has 4 nitrogen and oxygen atoms in total. The van der Waals surface area contributed by atoms with E-state index in [2.05, 4.69) is 10.6 Å². The number of anilines is 2. The molecule has 2 atom stereocenters. The van der Waals surface area contributed by atoms with Crippen LogP contribution in [0.4, 0.5) is 15.8 Å². The highest BCUT2D eigenvalue weighted by molar-refractivity contribution is 6.53. The van der Waals surface area contributed by atoms with Gasteiger partial charge < -0.3 is 10.6 Å². The van der Waals surface area contributed by atoms with Gasteiger partial charge in [-0.15, -0.1) is 23.2 Å². The van der Waals surface area contributed by atoms with Crippen LogP contribution < -0.4 is 10.6 Å². The van der Waals surface area contributed by atoms with Crippen molar-refractivity contribution in [3.63, 3.8) is 0 Å². The first-order valence-electron chi connectivity index (χ1n) is 9.88. The minimum Gasteiger partial charge on any atom is -0.326 e. The molecule has 0 spiro atoms. The number of hydrogen-bond acceptors (Lipinski definition) is 2. The smallest absolute Gasteiger partial charge is 0.257 e. The van der Waals surface area contributed by atoms with E-state index in [0.717, 1.165) is 11.1 Å². The van der Waals surface area contributed by atoms with Crippen molar-refractivity contribution in [3.05, 3.63) is 93.2 Å². The average molecular weight is 526 g/mol. The van der Waals surface area contributed by atoms with E-state index in [1.54, 1.807) is 18.2 Å². The van der Waals surface area contributed by atoms with Gasteiger partial charge in [0.25, 0.3) is 5.91 Å². The topological polar surface area (TPSA) is 58.2 Å². The van der Waals surface area contributed by atoms with Gasteiger partial charge in [0.2, 0.25) is 5.91 Å². The zero-order valence-corrected chi connectivity index (χ0v) is 20.2. The van der Waals surface area contributed by atoms with Crippen LogP contribution in [0.5, 0.6) is 0 Å². The van der Waals surface area contributed by atoms with Gasteiger partial charge in [-0.25, -0.2) is 4.39 Å². The number of halogens is 5. The van der Waals surface area contributed by atoms with Crippen molar-refractivity contribution in [2.75, 3.05) is 10.6 Å². The highest BCUT2D eigenvalue weighted by Gasteiger charge is 2.67. The lowest BCUT2D eigenvalue weighted by molar-refractivity contribution is -0.117. The number of carbonyl (C=O) groups excluding carboxylic acids is 2. The van der Waals surface area contributed by atoms with Crippen molar-refractivity contribution >= 4 is 69.6 Å². The van der Waals surface area contributed by atoms with Gasteiger partial charge in [0, 0.05) is 22.3 Å². The van der Waals surface area contributed by atoms with E-state index in [-0.39, 0.29) is 10.6 Å². The van der Waals surface area contributed by atoms with E-state index < -0.39 is 33.8 Å². The molecule has 1 aliphatic rings. The first kappa shape index (κ1) is 23.8. The van der Waals surface area contributed by atoms with E-state index in [1.807, 2.05) is 13.0 Å². The molecule has 170 valence electrons. The molecule has 2 N–H and O–H groups in total. The number of rotatable bonds is 5. The maximum absolute atomic E-state index is 13.1. The number of nitrogens with one attached hydrogen (secondary N) is 2. The maximum Gasteiger partial charge on any atom is 0.257 e. The Morgan fingerprint density at radius 3 is 2.24 bits per heavy atom. The van der Waals surface area contributed by atoms with Crippen molar-refractivity contribution in [2.24, 2.45) is 5.92 Å². The summed E-state index contributed by atoms with van der Waals surface area (Å²) in [4.78, 5) is 25.6. The summed E-state index contributed by atoms with van der Waals surface area (Å²) in [5.74, 6) is -2.45. The molecule has 3 aromatic carbocycles. The summed E-state index contributed by atoms with van der Waals surface area (Å²) in [6, 6.07) is 15.3. The SMILES string of the molecule is Cc1cc(Cl)cc([C@@H]2[C@@H](C(=O)Nc3ccc(Cl)c(C(=O)Nc4ccc(F)cc4)c3)C2(Cl)Cl)c1. The molecule has 1 fully saturated rings. The van der Waals surface area contributed by atoms with Gasteiger partial charge in [0.15, 0.2) is 0 Å². The largest absolute Gasteiger partial charge is 0.326 e. The second-order valence-corrected chi connectivity index (χ2v) is 10.1. The van der Waals surface area contributed by atoms with Crippen LogP contribution in [0.15, 0.2) is 60.7 Å². The number of carbonyl (C=O) groups is 2. The van der Waals surface area contributed by atoms with Crippen LogP contribution in [-0.4, -0.2) is 16.1 Å². The minimum absolute atomic E-state index is 0.139. The Morgan fingerprint density at radius 2 is 1.58 bits per heavy atom. The number of alkyl halides is 2. The molecule has 4 rings (SSSR count). The predicted octanol–water partition coefficient (Wildman–Crippen LogP) is 7.22. The van der Waals surface area contributed by atoms with Gasteiger partial charge >= 0.3 is 0 Å². The lowest BCUT2D eigenvalue weighted by Crippen LogP contribution is -2.18. The second kappa shape index (κ2) is 9.15. The van der Waals surface area contributed by atoms with Crippen molar-refractivity contribution in [1.82, 2.24) is 0 Å². The summed E-state index contributed by atoms with van der Waals surface area (Å²) in [6.45, 7) is 1.89. The monoisotopic (exact) mass is 524 g/mol. The molecular formula is C24H17Cl4FN2O2. The maximum atomic E-state index is 13.1. The van der Waals surface area contributed by atoms with Crippen LogP contribution in [0.1, 0.15) is 27.4 Å². The zero-order valence-electron chi connectivity index (χ0n) is 17.1. The Bertz CT molecular complexity index is 1230. The molecule has 0 radical (unpaired) electrons. The van der Waals surface area contributed by atoms with Gasteiger partial charge in [0.1, 0.15) is 10.2 Å². The Morgan fingerprint density at radius 1 is 0.909 bits per heavy atom. The third kappa shape index (κ3) is 5.12. The molecule has 0 unspecified atom stereocenters. The Hall–Kier alpha value is -2.31. The average Bonchev–Trinajstić information content (AvgIpc) is 3.32. The first-order chi connectivity index (χ1) is 15.6. The van der Waals surface area contributed by atoms with Crippen LogP contribution in [0.2, 0.25) is 10.0 Å². The van der Waals surface area contributed by atoms with Crippen molar-refractivity contribution < 1.29 is 14.0 Å². The number of amides is 2. The predicted molar refractivity (Wildman–Crippen MR) is 131 cm³/mol.